The third kappa shape index (κ3) is 3.11. The van der Waals surface area contributed by atoms with Crippen molar-refractivity contribution in [3.63, 3.8) is 0 Å². The summed E-state index contributed by atoms with van der Waals surface area (Å²) >= 11 is 0. The van der Waals surface area contributed by atoms with E-state index in [0.29, 0.717) is 5.56 Å². The fraction of sp³-hybridized carbons (Fsp3) is 0.133. The fourth-order valence-corrected chi connectivity index (χ4v) is 1.86. The van der Waals surface area contributed by atoms with Crippen molar-refractivity contribution in [2.75, 3.05) is 10.7 Å². The number of nitrogen functional groups attached to an aromatic ring is 1. The van der Waals surface area contributed by atoms with Crippen LogP contribution in [0.3, 0.4) is 0 Å². The SMILES string of the molecule is CCc1ccccc1NC(=O)c1ccc(NN)cc1. The first-order chi connectivity index (χ1) is 9.24. The van der Waals surface area contributed by atoms with Crippen LogP contribution in [0, 0.1) is 0 Å². The minimum atomic E-state index is -0.121. The van der Waals surface area contributed by atoms with Gasteiger partial charge in [0, 0.05) is 16.9 Å². The highest BCUT2D eigenvalue weighted by atomic mass is 16.1. The average molecular weight is 255 g/mol. The molecule has 0 fully saturated rings. The monoisotopic (exact) mass is 255 g/mol. The molecule has 0 heterocycles. The summed E-state index contributed by atoms with van der Waals surface area (Å²) in [6, 6.07) is 14.8. The van der Waals surface area contributed by atoms with Gasteiger partial charge in [-0.1, -0.05) is 25.1 Å². The molecule has 0 saturated carbocycles. The Hall–Kier alpha value is -2.33. The molecule has 0 spiro atoms. The normalized spacial score (nSPS) is 10.0. The number of anilines is 2. The number of nitrogens with one attached hydrogen (secondary N) is 2. The summed E-state index contributed by atoms with van der Waals surface area (Å²) in [5.41, 5.74) is 5.88. The second-order valence-corrected chi connectivity index (χ2v) is 4.19. The second-order valence-electron chi connectivity index (χ2n) is 4.19. The summed E-state index contributed by atoms with van der Waals surface area (Å²) in [5.74, 6) is 5.17. The maximum Gasteiger partial charge on any atom is 0.255 e. The Balaban J connectivity index is 2.16. The zero-order valence-corrected chi connectivity index (χ0v) is 10.8. The van der Waals surface area contributed by atoms with E-state index in [9.17, 15) is 4.79 Å². The van der Waals surface area contributed by atoms with Gasteiger partial charge in [0.1, 0.15) is 0 Å². The highest BCUT2D eigenvalue weighted by Gasteiger charge is 2.07. The lowest BCUT2D eigenvalue weighted by molar-refractivity contribution is 0.102. The first-order valence-corrected chi connectivity index (χ1v) is 6.20. The summed E-state index contributed by atoms with van der Waals surface area (Å²) in [5, 5.41) is 2.92. The third-order valence-electron chi connectivity index (χ3n) is 2.96. The summed E-state index contributed by atoms with van der Waals surface area (Å²) in [6.45, 7) is 2.06. The molecule has 0 aliphatic rings. The van der Waals surface area contributed by atoms with Crippen LogP contribution in [-0.2, 0) is 6.42 Å². The second kappa shape index (κ2) is 6.02. The standard InChI is InChI=1S/C15H17N3O/c1-2-11-5-3-4-6-14(11)17-15(19)12-7-9-13(18-16)10-8-12/h3-10,18H,2,16H2,1H3,(H,17,19). The molecule has 19 heavy (non-hydrogen) atoms. The van der Waals surface area contributed by atoms with Crippen LogP contribution in [0.15, 0.2) is 48.5 Å². The Bertz CT molecular complexity index is 564. The minimum Gasteiger partial charge on any atom is -0.324 e. The first kappa shape index (κ1) is 13.1. The van der Waals surface area contributed by atoms with Gasteiger partial charge in [-0.3, -0.25) is 10.6 Å². The molecule has 2 aromatic carbocycles. The van der Waals surface area contributed by atoms with Crippen LogP contribution in [0.25, 0.3) is 0 Å². The van der Waals surface area contributed by atoms with Crippen LogP contribution in [0.2, 0.25) is 0 Å². The quantitative estimate of drug-likeness (QED) is 0.581. The van der Waals surface area contributed by atoms with Gasteiger partial charge in [-0.15, -0.1) is 0 Å². The van der Waals surface area contributed by atoms with E-state index in [0.717, 1.165) is 23.4 Å². The molecule has 0 aromatic heterocycles. The number of amides is 1. The van der Waals surface area contributed by atoms with E-state index in [1.54, 1.807) is 24.3 Å². The number of benzene rings is 2. The molecule has 4 N–H and O–H groups in total. The largest absolute Gasteiger partial charge is 0.324 e. The lowest BCUT2D eigenvalue weighted by atomic mass is 10.1. The number of carbonyl (C=O) groups is 1. The molecular weight excluding hydrogens is 238 g/mol. The topological polar surface area (TPSA) is 67.2 Å². The van der Waals surface area contributed by atoms with Crippen molar-refractivity contribution < 1.29 is 4.79 Å². The van der Waals surface area contributed by atoms with E-state index < -0.39 is 0 Å². The Morgan fingerprint density at radius 1 is 1.11 bits per heavy atom. The number of hydrazine groups is 1. The molecule has 4 heteroatoms. The smallest absolute Gasteiger partial charge is 0.255 e. The summed E-state index contributed by atoms with van der Waals surface area (Å²) in [7, 11) is 0. The van der Waals surface area contributed by atoms with Gasteiger partial charge >= 0.3 is 0 Å². The lowest BCUT2D eigenvalue weighted by Gasteiger charge is -2.10. The van der Waals surface area contributed by atoms with Gasteiger partial charge in [0.25, 0.3) is 5.91 Å². The van der Waals surface area contributed by atoms with E-state index in [1.807, 2.05) is 24.3 Å². The molecule has 0 radical (unpaired) electrons. The van der Waals surface area contributed by atoms with Crippen LogP contribution < -0.4 is 16.6 Å². The Labute approximate surface area is 112 Å². The number of nitrogens with two attached hydrogens (primary N) is 1. The number of aryl methyl sites for hydroxylation is 1. The van der Waals surface area contributed by atoms with Crippen molar-refractivity contribution in [3.05, 3.63) is 59.7 Å². The van der Waals surface area contributed by atoms with E-state index in [2.05, 4.69) is 17.7 Å². The molecule has 0 unspecified atom stereocenters. The predicted molar refractivity (Wildman–Crippen MR) is 78.0 cm³/mol. The highest BCUT2D eigenvalue weighted by Crippen LogP contribution is 2.17. The van der Waals surface area contributed by atoms with E-state index >= 15 is 0 Å². The van der Waals surface area contributed by atoms with Crippen LogP contribution in [-0.4, -0.2) is 5.91 Å². The molecule has 2 rings (SSSR count). The van der Waals surface area contributed by atoms with E-state index in [4.69, 9.17) is 5.84 Å². The van der Waals surface area contributed by atoms with Crippen molar-refractivity contribution in [2.45, 2.75) is 13.3 Å². The van der Waals surface area contributed by atoms with Gasteiger partial charge in [-0.2, -0.15) is 0 Å². The van der Waals surface area contributed by atoms with Crippen molar-refractivity contribution in [1.82, 2.24) is 0 Å². The number of rotatable bonds is 4. The van der Waals surface area contributed by atoms with Gasteiger partial charge in [0.2, 0.25) is 0 Å². The molecular formula is C15H17N3O. The van der Waals surface area contributed by atoms with Gasteiger partial charge < -0.3 is 10.7 Å². The van der Waals surface area contributed by atoms with Gasteiger partial charge in [0.05, 0.1) is 0 Å². The van der Waals surface area contributed by atoms with Crippen molar-refractivity contribution >= 4 is 17.3 Å². The molecule has 0 aliphatic heterocycles. The Morgan fingerprint density at radius 2 is 1.79 bits per heavy atom. The first-order valence-electron chi connectivity index (χ1n) is 6.20. The van der Waals surface area contributed by atoms with Crippen LogP contribution in [0.5, 0.6) is 0 Å². The van der Waals surface area contributed by atoms with E-state index in [-0.39, 0.29) is 5.91 Å². The maximum absolute atomic E-state index is 12.1. The van der Waals surface area contributed by atoms with Crippen molar-refractivity contribution in [2.24, 2.45) is 5.84 Å². The molecule has 0 bridgehead atoms. The molecule has 0 atom stereocenters. The van der Waals surface area contributed by atoms with E-state index in [1.165, 1.54) is 0 Å². The number of carbonyl (C=O) groups excluding carboxylic acids is 1. The average Bonchev–Trinajstić information content (AvgIpc) is 2.48. The molecule has 98 valence electrons. The zero-order valence-electron chi connectivity index (χ0n) is 10.8. The van der Waals surface area contributed by atoms with Crippen molar-refractivity contribution in [3.8, 4) is 0 Å². The van der Waals surface area contributed by atoms with Crippen LogP contribution in [0.4, 0.5) is 11.4 Å². The number of hydrogen-bond donors (Lipinski definition) is 3. The fourth-order valence-electron chi connectivity index (χ4n) is 1.86. The molecule has 0 saturated heterocycles. The highest BCUT2D eigenvalue weighted by molar-refractivity contribution is 6.04. The van der Waals surface area contributed by atoms with Gasteiger partial charge in [0.15, 0.2) is 0 Å². The van der Waals surface area contributed by atoms with Gasteiger partial charge in [-0.05, 0) is 42.3 Å². The number of para-hydroxylation sites is 1. The number of hydrogen-bond acceptors (Lipinski definition) is 3. The van der Waals surface area contributed by atoms with Crippen molar-refractivity contribution in [1.29, 1.82) is 0 Å². The molecule has 0 aliphatic carbocycles. The molecule has 4 nitrogen and oxygen atoms in total. The molecule has 1 amide bonds. The van der Waals surface area contributed by atoms with Crippen LogP contribution in [0.1, 0.15) is 22.8 Å². The Kier molecular flexibility index (Phi) is 4.15. The zero-order chi connectivity index (χ0) is 13.7. The maximum atomic E-state index is 12.1. The summed E-state index contributed by atoms with van der Waals surface area (Å²) in [6.07, 6.45) is 0.881. The van der Waals surface area contributed by atoms with Crippen LogP contribution >= 0.6 is 0 Å². The Morgan fingerprint density at radius 3 is 2.42 bits per heavy atom. The summed E-state index contributed by atoms with van der Waals surface area (Å²) in [4.78, 5) is 12.1. The lowest BCUT2D eigenvalue weighted by Crippen LogP contribution is -2.13. The van der Waals surface area contributed by atoms with Gasteiger partial charge in [-0.25, -0.2) is 0 Å². The minimum absolute atomic E-state index is 0.121. The predicted octanol–water partition coefficient (Wildman–Crippen LogP) is 2.79. The molecule has 2 aromatic rings. The third-order valence-corrected chi connectivity index (χ3v) is 2.96. The summed E-state index contributed by atoms with van der Waals surface area (Å²) < 4.78 is 0.